The minimum Gasteiger partial charge on any atom is -0.497 e. The molecule has 0 fully saturated rings. The fourth-order valence-electron chi connectivity index (χ4n) is 7.41. The Hall–Kier alpha value is -6.54. The molecule has 1 aliphatic rings. The maximum absolute atomic E-state index is 16.0. The summed E-state index contributed by atoms with van der Waals surface area (Å²) in [6.07, 6.45) is 2.91. The Morgan fingerprint density at radius 1 is 0.623 bits per heavy atom. The van der Waals surface area contributed by atoms with Crippen molar-refractivity contribution in [3.05, 3.63) is 126 Å². The molecule has 312 valence electrons. The Bertz CT molecular complexity index is 3010. The molecule has 0 atom stereocenters. The number of allylic oxidation sites excluding steroid dienone is 2. The first-order valence-electron chi connectivity index (χ1n) is 18.1. The average Bonchev–Trinajstić information content (AvgIpc) is 4.04. The summed E-state index contributed by atoms with van der Waals surface area (Å²) in [7, 11) is 2.93. The second-order valence-corrected chi connectivity index (χ2v) is 16.7. The van der Waals surface area contributed by atoms with E-state index in [1.807, 2.05) is 0 Å². The van der Waals surface area contributed by atoms with E-state index in [-0.39, 0.29) is 55.2 Å². The van der Waals surface area contributed by atoms with Crippen molar-refractivity contribution in [1.29, 1.82) is 0 Å². The maximum atomic E-state index is 16.0. The predicted octanol–water partition coefficient (Wildman–Crippen LogP) is 9.10. The Morgan fingerprint density at radius 2 is 1.03 bits per heavy atom. The normalized spacial score (nSPS) is 15.6. The summed E-state index contributed by atoms with van der Waals surface area (Å²) in [5.74, 6) is -15.4. The number of alkyl halides is 6. The molecule has 0 radical (unpaired) electrons. The van der Waals surface area contributed by atoms with E-state index >= 15 is 26.3 Å². The summed E-state index contributed by atoms with van der Waals surface area (Å²) in [4.78, 5) is 25.2. The predicted molar refractivity (Wildman–Crippen MR) is 214 cm³/mol. The van der Waals surface area contributed by atoms with Gasteiger partial charge in [0.25, 0.3) is 0 Å². The summed E-state index contributed by atoms with van der Waals surface area (Å²) in [5.41, 5.74) is -3.38. The minimum atomic E-state index is -5.79. The number of ether oxygens (including phenoxy) is 2. The van der Waals surface area contributed by atoms with E-state index < -0.39 is 51.3 Å². The van der Waals surface area contributed by atoms with E-state index in [2.05, 4.69) is 20.6 Å². The Morgan fingerprint density at radius 3 is 1.43 bits per heavy atom. The summed E-state index contributed by atoms with van der Waals surface area (Å²) >= 11 is 1.78. The average molecular weight is 879 g/mol. The van der Waals surface area contributed by atoms with Crippen LogP contribution in [-0.2, 0) is 13.1 Å². The van der Waals surface area contributed by atoms with Crippen molar-refractivity contribution >= 4 is 55.8 Å². The molecule has 6 aromatic heterocycles. The molecule has 6 heterocycles. The molecule has 9 rings (SSSR count). The van der Waals surface area contributed by atoms with E-state index in [9.17, 15) is 9.59 Å². The number of fused-ring (bicyclic) bond motifs is 2. The van der Waals surface area contributed by atoms with Gasteiger partial charge < -0.3 is 18.3 Å². The number of thiophene rings is 2. The van der Waals surface area contributed by atoms with Gasteiger partial charge in [-0.15, -0.1) is 32.9 Å². The van der Waals surface area contributed by atoms with Gasteiger partial charge in [-0.2, -0.15) is 26.3 Å². The number of methoxy groups -OCH3 is 2. The molecule has 0 saturated carbocycles. The summed E-state index contributed by atoms with van der Waals surface area (Å²) in [6.45, 7) is 2.81. The fourth-order valence-corrected chi connectivity index (χ4v) is 9.36. The molecule has 0 saturated heterocycles. The number of nitrogens with zero attached hydrogens (tertiary/aromatic N) is 6. The Labute approximate surface area is 346 Å². The first kappa shape index (κ1) is 39.9. The van der Waals surface area contributed by atoms with Crippen LogP contribution in [0.4, 0.5) is 26.3 Å². The largest absolute Gasteiger partial charge is 0.497 e. The summed E-state index contributed by atoms with van der Waals surface area (Å²) in [5, 5.41) is 17.7. The Balaban J connectivity index is 1.06. The number of benzene rings is 2. The number of aromatic nitrogens is 6. The second-order valence-electron chi connectivity index (χ2n) is 14.1. The zero-order chi connectivity index (χ0) is 43.2. The summed E-state index contributed by atoms with van der Waals surface area (Å²) < 4.78 is 119. The lowest BCUT2D eigenvalue weighted by Crippen LogP contribution is -2.48. The molecule has 1 aliphatic carbocycles. The highest BCUT2D eigenvalue weighted by molar-refractivity contribution is 7.16. The van der Waals surface area contributed by atoms with Crippen molar-refractivity contribution in [1.82, 2.24) is 30.0 Å². The SMILES string of the molecule is COc1ccc2c(Cn3cc(-c4cc(C5=C(c6cc(-c7cn(Cc8cc(=O)oc9cc(OC)ccc89)nn7)sc6C)C(F)(F)C(F)(F)C5(F)F)c(C)s4)nn3)cc(=O)oc2c1. The Kier molecular flexibility index (Phi) is 9.35. The summed E-state index contributed by atoms with van der Waals surface area (Å²) in [6, 6.07) is 14.7. The highest BCUT2D eigenvalue weighted by Crippen LogP contribution is 2.66. The topological polar surface area (TPSA) is 140 Å². The van der Waals surface area contributed by atoms with E-state index in [4.69, 9.17) is 18.3 Å². The zero-order valence-corrected chi connectivity index (χ0v) is 33.7. The first-order valence-corrected chi connectivity index (χ1v) is 19.7. The van der Waals surface area contributed by atoms with Crippen LogP contribution in [0.25, 0.3) is 54.2 Å². The first-order chi connectivity index (χ1) is 29.0. The molecule has 20 heteroatoms. The third kappa shape index (κ3) is 6.51. The molecule has 0 unspecified atom stereocenters. The number of halogens is 6. The van der Waals surface area contributed by atoms with Gasteiger partial charge in [-0.05, 0) is 72.5 Å². The maximum Gasteiger partial charge on any atom is 0.380 e. The van der Waals surface area contributed by atoms with Crippen LogP contribution in [0.15, 0.2) is 91.5 Å². The van der Waals surface area contributed by atoms with Gasteiger partial charge in [0.15, 0.2) is 0 Å². The quantitative estimate of drug-likeness (QED) is 0.0966. The minimum absolute atomic E-state index is 0.0358. The van der Waals surface area contributed by atoms with Crippen LogP contribution in [-0.4, -0.2) is 62.0 Å². The number of rotatable bonds is 10. The molecule has 12 nitrogen and oxygen atoms in total. The van der Waals surface area contributed by atoms with Crippen LogP contribution < -0.4 is 20.7 Å². The molecule has 0 spiro atoms. The zero-order valence-electron chi connectivity index (χ0n) is 32.1. The molecule has 61 heavy (non-hydrogen) atoms. The van der Waals surface area contributed by atoms with Crippen LogP contribution in [0.2, 0.25) is 0 Å². The van der Waals surface area contributed by atoms with Crippen molar-refractivity contribution in [2.45, 2.75) is 44.7 Å². The van der Waals surface area contributed by atoms with Gasteiger partial charge in [-0.3, -0.25) is 0 Å². The lowest BCUT2D eigenvalue weighted by atomic mass is 9.95. The van der Waals surface area contributed by atoms with Gasteiger partial charge in [-0.1, -0.05) is 10.4 Å². The van der Waals surface area contributed by atoms with Crippen molar-refractivity contribution in [2.75, 3.05) is 14.2 Å². The van der Waals surface area contributed by atoms with Gasteiger partial charge in [0, 0.05) is 55.9 Å². The van der Waals surface area contributed by atoms with Crippen molar-refractivity contribution in [3.63, 3.8) is 0 Å². The highest BCUT2D eigenvalue weighted by atomic mass is 32.1. The van der Waals surface area contributed by atoms with Gasteiger partial charge in [0.1, 0.15) is 34.1 Å². The van der Waals surface area contributed by atoms with E-state index in [0.29, 0.717) is 33.4 Å². The van der Waals surface area contributed by atoms with Gasteiger partial charge in [-0.25, -0.2) is 19.0 Å². The van der Waals surface area contributed by atoms with Crippen LogP contribution in [0.5, 0.6) is 11.5 Å². The smallest absolute Gasteiger partial charge is 0.380 e. The van der Waals surface area contributed by atoms with E-state index in [1.165, 1.54) is 62.0 Å². The molecular weight excluding hydrogens is 851 g/mol. The molecular formula is C41H28F6N6O6S2. The molecule has 8 aromatic rings. The van der Waals surface area contributed by atoms with Crippen LogP contribution in [0.1, 0.15) is 32.0 Å². The second kappa shape index (κ2) is 14.3. The molecule has 0 bridgehead atoms. The van der Waals surface area contributed by atoms with Gasteiger partial charge >= 0.3 is 29.0 Å². The van der Waals surface area contributed by atoms with Crippen LogP contribution in [0.3, 0.4) is 0 Å². The molecule has 0 amide bonds. The third-order valence-corrected chi connectivity index (χ3v) is 12.5. The van der Waals surface area contributed by atoms with E-state index in [0.717, 1.165) is 34.8 Å². The number of aryl methyl sites for hydroxylation is 2. The molecule has 0 N–H and O–H groups in total. The fraction of sp³-hybridized carbons (Fsp3) is 0.220. The number of hydrogen-bond acceptors (Lipinski definition) is 12. The standard InChI is InChI=1S/C41H28F6N6O6S2/c1-19-27(13-33(60-19)29-17-52(50-48-29)15-21-9-35(54)58-31-11-23(56-3)5-7-25(21)31)37-38(40(44,45)41(46,47)39(37,42)43)28-14-34(61-20(28)2)30-18-53(51-49-30)16-22-10-36(55)59-32-12-24(57-4)6-8-26(22)32/h5-14,17-18H,15-16H2,1-4H3. The van der Waals surface area contributed by atoms with Crippen molar-refractivity contribution in [3.8, 4) is 32.6 Å². The lowest BCUT2D eigenvalue weighted by molar-refractivity contribution is -0.254. The van der Waals surface area contributed by atoms with E-state index in [1.54, 1.807) is 36.4 Å². The van der Waals surface area contributed by atoms with Crippen molar-refractivity contribution in [2.24, 2.45) is 0 Å². The van der Waals surface area contributed by atoms with Crippen LogP contribution in [0, 0.1) is 13.8 Å². The molecule has 2 aromatic carbocycles. The van der Waals surface area contributed by atoms with Crippen molar-refractivity contribution < 1.29 is 44.7 Å². The van der Waals surface area contributed by atoms with Crippen LogP contribution >= 0.6 is 22.7 Å². The lowest BCUT2D eigenvalue weighted by Gasteiger charge is -2.25. The third-order valence-electron chi connectivity index (χ3n) is 10.4. The highest BCUT2D eigenvalue weighted by Gasteiger charge is 2.80. The monoisotopic (exact) mass is 878 g/mol. The van der Waals surface area contributed by atoms with Gasteiger partial charge in [0.2, 0.25) is 0 Å². The van der Waals surface area contributed by atoms with Gasteiger partial charge in [0.05, 0.1) is 49.5 Å². The molecule has 0 aliphatic heterocycles. The number of hydrogen-bond donors (Lipinski definition) is 0.